The summed E-state index contributed by atoms with van der Waals surface area (Å²) >= 11 is 0. The van der Waals surface area contributed by atoms with Crippen LogP contribution in [0.2, 0.25) is 0 Å². The maximum absolute atomic E-state index is 13.5. The maximum Gasteiger partial charge on any atom is 0.416 e. The highest BCUT2D eigenvalue weighted by Gasteiger charge is 2.35. The van der Waals surface area contributed by atoms with Crippen molar-refractivity contribution in [2.45, 2.75) is 49.8 Å². The molecule has 9 heteroatoms. The van der Waals surface area contributed by atoms with E-state index in [1.807, 2.05) is 35.2 Å². The van der Waals surface area contributed by atoms with Gasteiger partial charge in [0, 0.05) is 38.6 Å². The van der Waals surface area contributed by atoms with Crippen molar-refractivity contribution in [3.8, 4) is 0 Å². The van der Waals surface area contributed by atoms with E-state index in [9.17, 15) is 23.1 Å². The largest absolute Gasteiger partial charge is 0.456 e. The zero-order valence-corrected chi connectivity index (χ0v) is 21.0. The van der Waals surface area contributed by atoms with Gasteiger partial charge in [0.2, 0.25) is 0 Å². The van der Waals surface area contributed by atoms with Gasteiger partial charge in [-0.1, -0.05) is 30.3 Å². The minimum absolute atomic E-state index is 0.0470. The van der Waals surface area contributed by atoms with E-state index in [0.717, 1.165) is 30.5 Å². The average molecular weight is 529 g/mol. The normalized spacial score (nSPS) is 18.4. The summed E-state index contributed by atoms with van der Waals surface area (Å²) in [4.78, 5) is 15.0. The van der Waals surface area contributed by atoms with Crippen LogP contribution in [-0.2, 0) is 17.3 Å². The molecule has 2 aliphatic rings. The highest BCUT2D eigenvalue weighted by Crippen LogP contribution is 2.38. The number of benzene rings is 2. The van der Waals surface area contributed by atoms with E-state index >= 15 is 0 Å². The van der Waals surface area contributed by atoms with Gasteiger partial charge in [0.25, 0.3) is 5.91 Å². The smallest absolute Gasteiger partial charge is 0.416 e. The standard InChI is InChI=1S/C29H31F3N2O4/c30-29(31,32)22-6-7-24(34-14-12-28(36,13-15-34)19-20-4-2-1-3-5-20)23(18-22)33-27(35)26-9-8-25(38-26)21-10-16-37-17-11-21/h1-9,18,21,36H,10-17,19H2,(H,33,35). The number of anilines is 2. The van der Waals surface area contributed by atoms with Crippen molar-refractivity contribution in [3.63, 3.8) is 0 Å². The fourth-order valence-corrected chi connectivity index (χ4v) is 5.26. The lowest BCUT2D eigenvalue weighted by atomic mass is 9.85. The van der Waals surface area contributed by atoms with Crippen LogP contribution in [0.3, 0.4) is 0 Å². The molecule has 0 spiro atoms. The predicted octanol–water partition coefficient (Wildman–Crippen LogP) is 6.02. The van der Waals surface area contributed by atoms with E-state index < -0.39 is 23.2 Å². The first-order valence-corrected chi connectivity index (χ1v) is 12.9. The van der Waals surface area contributed by atoms with Crippen LogP contribution in [0.4, 0.5) is 24.5 Å². The molecule has 2 aromatic carbocycles. The molecular formula is C29H31F3N2O4. The molecule has 3 heterocycles. The summed E-state index contributed by atoms with van der Waals surface area (Å²) in [6.45, 7) is 2.12. The minimum atomic E-state index is -4.56. The fraction of sp³-hybridized carbons (Fsp3) is 0.414. The van der Waals surface area contributed by atoms with E-state index in [1.165, 1.54) is 6.07 Å². The minimum Gasteiger partial charge on any atom is -0.456 e. The van der Waals surface area contributed by atoms with Crippen LogP contribution in [0.5, 0.6) is 0 Å². The Labute approximate surface area is 219 Å². The second-order valence-electron chi connectivity index (χ2n) is 10.1. The topological polar surface area (TPSA) is 74.9 Å². The van der Waals surface area contributed by atoms with Gasteiger partial charge in [0.15, 0.2) is 5.76 Å². The fourth-order valence-electron chi connectivity index (χ4n) is 5.26. The number of amides is 1. The second-order valence-corrected chi connectivity index (χ2v) is 10.1. The number of aliphatic hydroxyl groups is 1. The lowest BCUT2D eigenvalue weighted by Crippen LogP contribution is -2.46. The number of furan rings is 1. The molecule has 5 rings (SSSR count). The van der Waals surface area contributed by atoms with Gasteiger partial charge in [-0.2, -0.15) is 13.2 Å². The van der Waals surface area contributed by atoms with Gasteiger partial charge in [-0.15, -0.1) is 0 Å². The van der Waals surface area contributed by atoms with E-state index in [0.29, 0.717) is 57.0 Å². The van der Waals surface area contributed by atoms with Crippen LogP contribution < -0.4 is 10.2 Å². The Morgan fingerprint density at radius 2 is 1.74 bits per heavy atom. The molecule has 0 atom stereocenters. The summed E-state index contributed by atoms with van der Waals surface area (Å²) in [7, 11) is 0. The number of hydrogen-bond acceptors (Lipinski definition) is 5. The first-order chi connectivity index (χ1) is 18.2. The Morgan fingerprint density at radius 3 is 2.42 bits per heavy atom. The summed E-state index contributed by atoms with van der Waals surface area (Å²) in [6, 6.07) is 16.4. The lowest BCUT2D eigenvalue weighted by molar-refractivity contribution is -0.137. The summed E-state index contributed by atoms with van der Waals surface area (Å²) in [6.07, 6.45) is -1.58. The van der Waals surface area contributed by atoms with E-state index in [1.54, 1.807) is 12.1 Å². The third-order valence-electron chi connectivity index (χ3n) is 7.46. The lowest BCUT2D eigenvalue weighted by Gasteiger charge is -2.40. The molecule has 6 nitrogen and oxygen atoms in total. The molecule has 2 saturated heterocycles. The van der Waals surface area contributed by atoms with Crippen molar-refractivity contribution >= 4 is 17.3 Å². The SMILES string of the molecule is O=C(Nc1cc(C(F)(F)F)ccc1N1CCC(O)(Cc2ccccc2)CC1)c1ccc(C2CCOCC2)o1. The Morgan fingerprint density at radius 1 is 1.03 bits per heavy atom. The molecule has 0 aliphatic carbocycles. The molecule has 0 bridgehead atoms. The summed E-state index contributed by atoms with van der Waals surface area (Å²) in [5.41, 5.74) is -0.185. The van der Waals surface area contributed by atoms with Crippen molar-refractivity contribution in [2.24, 2.45) is 0 Å². The molecule has 0 saturated carbocycles. The molecule has 38 heavy (non-hydrogen) atoms. The molecule has 0 radical (unpaired) electrons. The van der Waals surface area contributed by atoms with E-state index in [4.69, 9.17) is 9.15 Å². The van der Waals surface area contributed by atoms with E-state index in [2.05, 4.69) is 5.32 Å². The Balaban J connectivity index is 1.33. The van der Waals surface area contributed by atoms with Crippen LogP contribution in [0.1, 0.15) is 59.0 Å². The van der Waals surface area contributed by atoms with Crippen LogP contribution in [0, 0.1) is 0 Å². The highest BCUT2D eigenvalue weighted by atomic mass is 19.4. The van der Waals surface area contributed by atoms with Gasteiger partial charge in [-0.3, -0.25) is 4.79 Å². The first kappa shape index (κ1) is 26.3. The Hall–Kier alpha value is -3.30. The third-order valence-corrected chi connectivity index (χ3v) is 7.46. The number of alkyl halides is 3. The molecule has 2 N–H and O–H groups in total. The number of halogens is 3. The van der Waals surface area contributed by atoms with Crippen molar-refractivity contribution in [3.05, 3.63) is 83.3 Å². The van der Waals surface area contributed by atoms with Crippen molar-refractivity contribution in [2.75, 3.05) is 36.5 Å². The second kappa shape index (κ2) is 10.8. The van der Waals surface area contributed by atoms with Gasteiger partial charge in [-0.05, 0) is 61.6 Å². The maximum atomic E-state index is 13.5. The number of hydrogen-bond donors (Lipinski definition) is 2. The molecule has 202 valence electrons. The summed E-state index contributed by atoms with van der Waals surface area (Å²) in [5, 5.41) is 13.8. The Kier molecular flexibility index (Phi) is 7.49. The number of nitrogens with one attached hydrogen (secondary N) is 1. The molecule has 1 amide bonds. The van der Waals surface area contributed by atoms with Gasteiger partial charge in [-0.25, -0.2) is 0 Å². The molecular weight excluding hydrogens is 497 g/mol. The van der Waals surface area contributed by atoms with Crippen LogP contribution in [0.25, 0.3) is 0 Å². The zero-order chi connectivity index (χ0) is 26.8. The van der Waals surface area contributed by atoms with Gasteiger partial charge in [0.1, 0.15) is 5.76 Å². The van der Waals surface area contributed by atoms with Crippen LogP contribution in [0.15, 0.2) is 65.1 Å². The Bertz CT molecular complexity index is 1240. The van der Waals surface area contributed by atoms with Crippen LogP contribution in [-0.4, -0.2) is 42.9 Å². The highest BCUT2D eigenvalue weighted by molar-refractivity contribution is 6.04. The van der Waals surface area contributed by atoms with Gasteiger partial charge >= 0.3 is 6.18 Å². The number of carbonyl (C=O) groups is 1. The van der Waals surface area contributed by atoms with Crippen molar-refractivity contribution in [1.82, 2.24) is 0 Å². The predicted molar refractivity (Wildman–Crippen MR) is 137 cm³/mol. The van der Waals surface area contributed by atoms with Crippen LogP contribution >= 0.6 is 0 Å². The van der Waals surface area contributed by atoms with Crippen molar-refractivity contribution < 1.29 is 32.2 Å². The van der Waals surface area contributed by atoms with Crippen molar-refractivity contribution in [1.29, 1.82) is 0 Å². The molecule has 0 unspecified atom stereocenters. The summed E-state index contributed by atoms with van der Waals surface area (Å²) in [5.74, 6) is 0.265. The number of carbonyl (C=O) groups excluding carboxylic acids is 1. The third kappa shape index (κ3) is 6.05. The number of ether oxygens (including phenoxy) is 1. The van der Waals surface area contributed by atoms with Gasteiger partial charge in [0.05, 0.1) is 22.5 Å². The summed E-state index contributed by atoms with van der Waals surface area (Å²) < 4.78 is 51.8. The molecule has 2 fully saturated rings. The monoisotopic (exact) mass is 528 g/mol. The van der Waals surface area contributed by atoms with E-state index in [-0.39, 0.29) is 17.4 Å². The molecule has 3 aromatic rings. The average Bonchev–Trinajstić information content (AvgIpc) is 3.41. The molecule has 1 aromatic heterocycles. The number of piperidine rings is 1. The first-order valence-electron chi connectivity index (χ1n) is 12.9. The van der Waals surface area contributed by atoms with Gasteiger partial charge < -0.3 is 24.5 Å². The zero-order valence-electron chi connectivity index (χ0n) is 21.0. The molecule has 2 aliphatic heterocycles. The number of rotatable bonds is 6. The quantitative estimate of drug-likeness (QED) is 0.409. The number of nitrogens with zero attached hydrogens (tertiary/aromatic N) is 1.